The van der Waals surface area contributed by atoms with E-state index in [0.29, 0.717) is 11.6 Å². The second-order valence-electron chi connectivity index (χ2n) is 5.90. The van der Waals surface area contributed by atoms with Crippen LogP contribution in [-0.2, 0) is 6.61 Å². The molecule has 5 heteroatoms. The Morgan fingerprint density at radius 3 is 2.71 bits per heavy atom. The highest BCUT2D eigenvalue weighted by atomic mass is 19.1. The number of nitrogens with zero attached hydrogens (tertiary/aromatic N) is 2. The first kappa shape index (κ1) is 14.5. The molecule has 1 aromatic carbocycles. The normalized spacial score (nSPS) is 23.0. The van der Waals surface area contributed by atoms with Crippen molar-refractivity contribution in [2.45, 2.75) is 31.9 Å². The Kier molecular flexibility index (Phi) is 4.22. The predicted octanol–water partition coefficient (Wildman–Crippen LogP) is 1.63. The van der Waals surface area contributed by atoms with Crippen LogP contribution in [0.1, 0.15) is 35.2 Å². The van der Waals surface area contributed by atoms with Gasteiger partial charge >= 0.3 is 0 Å². The van der Waals surface area contributed by atoms with Gasteiger partial charge in [-0.15, -0.1) is 0 Å². The van der Waals surface area contributed by atoms with Crippen LogP contribution in [0.2, 0.25) is 0 Å². The van der Waals surface area contributed by atoms with Gasteiger partial charge in [-0.3, -0.25) is 9.69 Å². The van der Waals surface area contributed by atoms with Gasteiger partial charge in [0, 0.05) is 30.3 Å². The predicted molar refractivity (Wildman–Crippen MR) is 77.4 cm³/mol. The van der Waals surface area contributed by atoms with Crippen molar-refractivity contribution >= 4 is 5.91 Å². The molecule has 1 unspecified atom stereocenters. The lowest BCUT2D eigenvalue weighted by molar-refractivity contribution is 0.0779. The van der Waals surface area contributed by atoms with Gasteiger partial charge < -0.3 is 10.0 Å². The summed E-state index contributed by atoms with van der Waals surface area (Å²) in [5.74, 6) is -0.626. The fourth-order valence-electron chi connectivity index (χ4n) is 3.32. The molecule has 4 nitrogen and oxygen atoms in total. The average Bonchev–Trinajstić information content (AvgIpc) is 3.17. The zero-order chi connectivity index (χ0) is 14.8. The molecular weight excluding hydrogens is 271 g/mol. The largest absolute Gasteiger partial charge is 0.392 e. The van der Waals surface area contributed by atoms with Crippen LogP contribution >= 0.6 is 0 Å². The summed E-state index contributed by atoms with van der Waals surface area (Å²) in [6.07, 6.45) is 3.50. The Labute approximate surface area is 124 Å². The quantitative estimate of drug-likeness (QED) is 0.921. The summed E-state index contributed by atoms with van der Waals surface area (Å²) in [6, 6.07) is 4.77. The van der Waals surface area contributed by atoms with Crippen molar-refractivity contribution < 1.29 is 14.3 Å². The molecule has 1 atom stereocenters. The van der Waals surface area contributed by atoms with E-state index >= 15 is 0 Å². The second-order valence-corrected chi connectivity index (χ2v) is 5.90. The topological polar surface area (TPSA) is 43.8 Å². The number of halogens is 1. The summed E-state index contributed by atoms with van der Waals surface area (Å²) in [5, 5.41) is 8.97. The second kappa shape index (κ2) is 6.12. The van der Waals surface area contributed by atoms with Crippen molar-refractivity contribution in [3.63, 3.8) is 0 Å². The molecule has 2 heterocycles. The van der Waals surface area contributed by atoms with Crippen molar-refractivity contribution in [3.8, 4) is 0 Å². The van der Waals surface area contributed by atoms with Crippen molar-refractivity contribution in [1.29, 1.82) is 0 Å². The summed E-state index contributed by atoms with van der Waals surface area (Å²) in [7, 11) is 0. The Morgan fingerprint density at radius 1 is 1.29 bits per heavy atom. The number of hydrogen-bond acceptors (Lipinski definition) is 3. The number of benzene rings is 1. The number of hydrogen-bond donors (Lipinski definition) is 1. The maximum Gasteiger partial charge on any atom is 0.254 e. The first-order valence-electron chi connectivity index (χ1n) is 7.61. The van der Waals surface area contributed by atoms with Crippen molar-refractivity contribution in [3.05, 3.63) is 35.1 Å². The molecule has 0 radical (unpaired) electrons. The summed E-state index contributed by atoms with van der Waals surface area (Å²) in [6.45, 7) is 3.39. The molecule has 2 aliphatic rings. The molecule has 21 heavy (non-hydrogen) atoms. The van der Waals surface area contributed by atoms with Crippen LogP contribution in [-0.4, -0.2) is 53.0 Å². The molecular formula is C16H21FN2O2. The number of carbonyl (C=O) groups is 1. The summed E-state index contributed by atoms with van der Waals surface area (Å²) >= 11 is 0. The van der Waals surface area contributed by atoms with Gasteiger partial charge in [-0.2, -0.15) is 0 Å². The lowest BCUT2D eigenvalue weighted by atomic mass is 10.1. The molecule has 0 aliphatic carbocycles. The van der Waals surface area contributed by atoms with E-state index in [2.05, 4.69) is 4.90 Å². The lowest BCUT2D eigenvalue weighted by Crippen LogP contribution is -2.37. The van der Waals surface area contributed by atoms with Gasteiger partial charge in [0.2, 0.25) is 0 Å². The first-order valence-corrected chi connectivity index (χ1v) is 7.61. The van der Waals surface area contributed by atoms with Gasteiger partial charge in [-0.1, -0.05) is 6.07 Å². The van der Waals surface area contributed by atoms with E-state index in [1.54, 1.807) is 6.07 Å². The molecule has 0 spiro atoms. The molecule has 0 saturated carbocycles. The third-order valence-corrected chi connectivity index (χ3v) is 4.58. The van der Waals surface area contributed by atoms with E-state index in [9.17, 15) is 9.18 Å². The minimum atomic E-state index is -0.515. The van der Waals surface area contributed by atoms with Crippen LogP contribution in [0.5, 0.6) is 0 Å². The van der Waals surface area contributed by atoms with Crippen LogP contribution in [0.3, 0.4) is 0 Å². The third-order valence-electron chi connectivity index (χ3n) is 4.58. The van der Waals surface area contributed by atoms with Gasteiger partial charge in [-0.25, -0.2) is 4.39 Å². The standard InChI is InChI=1S/C16H21FN2O2/c17-15-9-12(3-4-13(15)11-20)16(21)19-8-5-14(10-19)18-6-1-2-7-18/h3-4,9,14,20H,1-2,5-8,10-11H2. The van der Waals surface area contributed by atoms with Crippen molar-refractivity contribution in [2.24, 2.45) is 0 Å². The van der Waals surface area contributed by atoms with E-state index in [4.69, 9.17) is 5.11 Å². The van der Waals surface area contributed by atoms with E-state index in [0.717, 1.165) is 32.6 Å². The molecule has 2 fully saturated rings. The minimum absolute atomic E-state index is 0.111. The Hall–Kier alpha value is -1.46. The lowest BCUT2D eigenvalue weighted by Gasteiger charge is -2.23. The van der Waals surface area contributed by atoms with Crippen LogP contribution < -0.4 is 0 Å². The van der Waals surface area contributed by atoms with Gasteiger partial charge in [-0.05, 0) is 44.5 Å². The molecule has 114 valence electrons. The minimum Gasteiger partial charge on any atom is -0.392 e. The molecule has 0 aromatic heterocycles. The number of amides is 1. The van der Waals surface area contributed by atoms with Gasteiger partial charge in [0.1, 0.15) is 5.82 Å². The van der Waals surface area contributed by atoms with Gasteiger partial charge in [0.05, 0.1) is 6.61 Å². The smallest absolute Gasteiger partial charge is 0.254 e. The number of likely N-dealkylation sites (tertiary alicyclic amines) is 2. The fourth-order valence-corrected chi connectivity index (χ4v) is 3.32. The van der Waals surface area contributed by atoms with Crippen LogP contribution in [0.4, 0.5) is 4.39 Å². The van der Waals surface area contributed by atoms with Crippen LogP contribution in [0, 0.1) is 5.82 Å². The van der Waals surface area contributed by atoms with Crippen LogP contribution in [0.15, 0.2) is 18.2 Å². The maximum absolute atomic E-state index is 13.7. The fraction of sp³-hybridized carbons (Fsp3) is 0.562. The highest BCUT2D eigenvalue weighted by molar-refractivity contribution is 5.94. The highest BCUT2D eigenvalue weighted by Crippen LogP contribution is 2.22. The molecule has 3 rings (SSSR count). The third kappa shape index (κ3) is 2.94. The average molecular weight is 292 g/mol. The maximum atomic E-state index is 13.7. The molecule has 1 N–H and O–H groups in total. The van der Waals surface area contributed by atoms with Gasteiger partial charge in [0.25, 0.3) is 5.91 Å². The summed E-state index contributed by atoms with van der Waals surface area (Å²) in [4.78, 5) is 16.7. The molecule has 2 saturated heterocycles. The number of rotatable bonds is 3. The summed E-state index contributed by atoms with van der Waals surface area (Å²) < 4.78 is 13.7. The summed E-state index contributed by atoms with van der Waals surface area (Å²) in [5.41, 5.74) is 0.592. The molecule has 1 amide bonds. The van der Waals surface area contributed by atoms with E-state index in [1.807, 2.05) is 4.90 Å². The highest BCUT2D eigenvalue weighted by Gasteiger charge is 2.32. The molecule has 1 aromatic rings. The number of aliphatic hydroxyl groups is 1. The van der Waals surface area contributed by atoms with Gasteiger partial charge in [0.15, 0.2) is 0 Å². The van der Waals surface area contributed by atoms with Crippen LogP contribution in [0.25, 0.3) is 0 Å². The van der Waals surface area contributed by atoms with E-state index in [1.165, 1.54) is 25.0 Å². The van der Waals surface area contributed by atoms with Crippen molar-refractivity contribution in [1.82, 2.24) is 9.80 Å². The number of aliphatic hydroxyl groups excluding tert-OH is 1. The number of carbonyl (C=O) groups excluding carboxylic acids is 1. The SMILES string of the molecule is O=C(c1ccc(CO)c(F)c1)N1CCC(N2CCCC2)C1. The van der Waals surface area contributed by atoms with E-state index < -0.39 is 5.82 Å². The molecule has 2 aliphatic heterocycles. The Bertz CT molecular complexity index is 529. The molecule has 0 bridgehead atoms. The first-order chi connectivity index (χ1) is 10.2. The Morgan fingerprint density at radius 2 is 2.05 bits per heavy atom. The zero-order valence-electron chi connectivity index (χ0n) is 12.1. The van der Waals surface area contributed by atoms with E-state index in [-0.39, 0.29) is 18.1 Å². The van der Waals surface area contributed by atoms with Crippen molar-refractivity contribution in [2.75, 3.05) is 26.2 Å². The Balaban J connectivity index is 1.67. The monoisotopic (exact) mass is 292 g/mol. The zero-order valence-corrected chi connectivity index (χ0v) is 12.1.